The van der Waals surface area contributed by atoms with E-state index >= 15 is 0 Å². The summed E-state index contributed by atoms with van der Waals surface area (Å²) in [5.74, 6) is 0.806. The number of aliphatic hydroxyl groups excluding tert-OH is 1. The Kier molecular flexibility index (Phi) is 6.02. The van der Waals surface area contributed by atoms with Crippen LogP contribution in [0.15, 0.2) is 29.0 Å². The summed E-state index contributed by atoms with van der Waals surface area (Å²) in [6.07, 6.45) is 5.34. The highest BCUT2D eigenvalue weighted by Gasteiger charge is 2.13. The second-order valence-corrected chi connectivity index (χ2v) is 4.94. The number of aromatic nitrogens is 3. The van der Waals surface area contributed by atoms with Crippen LogP contribution < -0.4 is 5.32 Å². The third-order valence-corrected chi connectivity index (χ3v) is 3.29. The zero-order valence-electron chi connectivity index (χ0n) is 12.5. The fourth-order valence-electron chi connectivity index (χ4n) is 2.02. The highest BCUT2D eigenvalue weighted by Crippen LogP contribution is 2.14. The molecule has 0 aromatic carbocycles. The molecule has 0 aliphatic heterocycles. The minimum Gasteiger partial charge on any atom is -0.396 e. The lowest BCUT2D eigenvalue weighted by Crippen LogP contribution is -2.35. The van der Waals surface area contributed by atoms with E-state index in [1.807, 2.05) is 13.0 Å². The quantitative estimate of drug-likeness (QED) is 0.763. The first kappa shape index (κ1) is 16.1. The predicted molar refractivity (Wildman–Crippen MR) is 79.8 cm³/mol. The molecule has 0 fully saturated rings. The second kappa shape index (κ2) is 8.23. The first-order chi connectivity index (χ1) is 10.7. The maximum atomic E-state index is 11.8. The Labute approximate surface area is 128 Å². The van der Waals surface area contributed by atoms with Crippen molar-refractivity contribution in [1.82, 2.24) is 20.4 Å². The summed E-state index contributed by atoms with van der Waals surface area (Å²) in [5, 5.41) is 15.7. The van der Waals surface area contributed by atoms with Crippen LogP contribution in [0.4, 0.5) is 0 Å². The number of carbonyl (C=O) groups excluding carboxylic acids is 1. The molecule has 0 saturated carbocycles. The molecular weight excluding hydrogens is 284 g/mol. The molecule has 1 atom stereocenters. The number of aliphatic hydroxyl groups is 1. The van der Waals surface area contributed by atoms with E-state index in [0.29, 0.717) is 24.6 Å². The molecule has 1 unspecified atom stereocenters. The summed E-state index contributed by atoms with van der Waals surface area (Å²) in [6, 6.07) is 3.64. The lowest BCUT2D eigenvalue weighted by Gasteiger charge is -2.15. The van der Waals surface area contributed by atoms with E-state index in [9.17, 15) is 4.79 Å². The van der Waals surface area contributed by atoms with E-state index in [4.69, 9.17) is 9.63 Å². The van der Waals surface area contributed by atoms with Gasteiger partial charge < -0.3 is 14.9 Å². The maximum Gasteiger partial charge on any atom is 0.227 e. The lowest BCUT2D eigenvalue weighted by molar-refractivity contribution is -0.122. The van der Waals surface area contributed by atoms with E-state index in [-0.39, 0.29) is 25.0 Å². The normalized spacial score (nSPS) is 12.1. The van der Waals surface area contributed by atoms with E-state index in [1.54, 1.807) is 18.5 Å². The van der Waals surface area contributed by atoms with Gasteiger partial charge >= 0.3 is 0 Å². The van der Waals surface area contributed by atoms with Crippen LogP contribution in [0.2, 0.25) is 0 Å². The van der Waals surface area contributed by atoms with Gasteiger partial charge in [-0.25, -0.2) is 0 Å². The summed E-state index contributed by atoms with van der Waals surface area (Å²) in [4.78, 5) is 20.1. The molecule has 0 aliphatic rings. The topological polar surface area (TPSA) is 101 Å². The standard InChI is InChI=1S/C15H20N4O3/c1-2-12(7-9-20)17-13(21)5-6-14-18-15(19-22-14)11-4-3-8-16-10-11/h3-4,8,10,12,20H,2,5-7,9H2,1H3,(H,17,21). The van der Waals surface area contributed by atoms with E-state index in [0.717, 1.165) is 12.0 Å². The predicted octanol–water partition coefficient (Wildman–Crippen LogP) is 1.34. The number of hydrogen-bond donors (Lipinski definition) is 2. The van der Waals surface area contributed by atoms with Crippen molar-refractivity contribution in [2.24, 2.45) is 0 Å². The summed E-state index contributed by atoms with van der Waals surface area (Å²) in [7, 11) is 0. The molecule has 0 saturated heterocycles. The molecule has 2 aromatic heterocycles. The maximum absolute atomic E-state index is 11.8. The average Bonchev–Trinajstić information content (AvgIpc) is 3.02. The molecule has 0 spiro atoms. The number of aryl methyl sites for hydroxylation is 1. The van der Waals surface area contributed by atoms with Crippen molar-refractivity contribution >= 4 is 5.91 Å². The Morgan fingerprint density at radius 2 is 2.36 bits per heavy atom. The molecule has 7 heteroatoms. The monoisotopic (exact) mass is 304 g/mol. The molecule has 2 aromatic rings. The van der Waals surface area contributed by atoms with Crippen LogP contribution in [0.1, 0.15) is 32.1 Å². The first-order valence-corrected chi connectivity index (χ1v) is 7.36. The molecule has 2 N–H and O–H groups in total. The smallest absolute Gasteiger partial charge is 0.227 e. The van der Waals surface area contributed by atoms with Gasteiger partial charge in [-0.2, -0.15) is 4.98 Å². The number of nitrogens with zero attached hydrogens (tertiary/aromatic N) is 3. The number of nitrogens with one attached hydrogen (secondary N) is 1. The molecular formula is C15H20N4O3. The van der Waals surface area contributed by atoms with Crippen LogP contribution >= 0.6 is 0 Å². The van der Waals surface area contributed by atoms with Crippen LogP contribution in [0.5, 0.6) is 0 Å². The number of pyridine rings is 1. The van der Waals surface area contributed by atoms with Crippen molar-refractivity contribution in [2.45, 2.75) is 38.6 Å². The van der Waals surface area contributed by atoms with Crippen molar-refractivity contribution in [3.63, 3.8) is 0 Å². The second-order valence-electron chi connectivity index (χ2n) is 4.94. The third kappa shape index (κ3) is 4.63. The Bertz CT molecular complexity index is 585. The van der Waals surface area contributed by atoms with Crippen LogP contribution in [0.3, 0.4) is 0 Å². The van der Waals surface area contributed by atoms with Crippen molar-refractivity contribution in [3.05, 3.63) is 30.4 Å². The lowest BCUT2D eigenvalue weighted by atomic mass is 10.1. The molecule has 7 nitrogen and oxygen atoms in total. The third-order valence-electron chi connectivity index (χ3n) is 3.29. The highest BCUT2D eigenvalue weighted by molar-refractivity contribution is 5.76. The van der Waals surface area contributed by atoms with Gasteiger partial charge in [0, 0.05) is 43.4 Å². The highest BCUT2D eigenvalue weighted by atomic mass is 16.5. The Hall–Kier alpha value is -2.28. The summed E-state index contributed by atoms with van der Waals surface area (Å²) < 4.78 is 5.14. The van der Waals surface area contributed by atoms with Gasteiger partial charge in [-0.1, -0.05) is 12.1 Å². The van der Waals surface area contributed by atoms with Crippen molar-refractivity contribution in [1.29, 1.82) is 0 Å². The molecule has 2 rings (SSSR count). The van der Waals surface area contributed by atoms with Gasteiger partial charge in [0.15, 0.2) is 0 Å². The van der Waals surface area contributed by atoms with Gasteiger partial charge in [0.25, 0.3) is 0 Å². The van der Waals surface area contributed by atoms with Crippen LogP contribution in [0.25, 0.3) is 11.4 Å². The summed E-state index contributed by atoms with van der Waals surface area (Å²) in [6.45, 7) is 2.04. The van der Waals surface area contributed by atoms with Gasteiger partial charge in [0.1, 0.15) is 0 Å². The Balaban J connectivity index is 1.85. The van der Waals surface area contributed by atoms with Gasteiger partial charge in [-0.3, -0.25) is 9.78 Å². The number of rotatable bonds is 8. The summed E-state index contributed by atoms with van der Waals surface area (Å²) in [5.41, 5.74) is 0.774. The molecule has 2 heterocycles. The minimum atomic E-state index is -0.0820. The average molecular weight is 304 g/mol. The molecule has 118 valence electrons. The zero-order chi connectivity index (χ0) is 15.8. The first-order valence-electron chi connectivity index (χ1n) is 7.36. The van der Waals surface area contributed by atoms with Crippen LogP contribution in [-0.4, -0.2) is 38.8 Å². The molecule has 0 aliphatic carbocycles. The van der Waals surface area contributed by atoms with E-state index in [1.165, 1.54) is 0 Å². The molecule has 22 heavy (non-hydrogen) atoms. The SMILES string of the molecule is CCC(CCO)NC(=O)CCc1nc(-c2cccnc2)no1. The minimum absolute atomic E-state index is 0.00568. The Morgan fingerprint density at radius 3 is 3.05 bits per heavy atom. The van der Waals surface area contributed by atoms with Gasteiger partial charge in [0.05, 0.1) is 0 Å². The van der Waals surface area contributed by atoms with Crippen LogP contribution in [-0.2, 0) is 11.2 Å². The van der Waals surface area contributed by atoms with Crippen LogP contribution in [0, 0.1) is 0 Å². The van der Waals surface area contributed by atoms with Crippen molar-refractivity contribution < 1.29 is 14.4 Å². The number of hydrogen-bond acceptors (Lipinski definition) is 6. The van der Waals surface area contributed by atoms with Gasteiger partial charge in [-0.15, -0.1) is 0 Å². The van der Waals surface area contributed by atoms with Crippen molar-refractivity contribution in [3.8, 4) is 11.4 Å². The van der Waals surface area contributed by atoms with Gasteiger partial charge in [-0.05, 0) is 25.0 Å². The van der Waals surface area contributed by atoms with Crippen molar-refractivity contribution in [2.75, 3.05) is 6.61 Å². The number of amides is 1. The molecule has 0 radical (unpaired) electrons. The molecule has 1 amide bonds. The Morgan fingerprint density at radius 1 is 1.50 bits per heavy atom. The van der Waals surface area contributed by atoms with E-state index < -0.39 is 0 Å². The van der Waals surface area contributed by atoms with Gasteiger partial charge in [0.2, 0.25) is 17.6 Å². The summed E-state index contributed by atoms with van der Waals surface area (Å²) >= 11 is 0. The fourth-order valence-corrected chi connectivity index (χ4v) is 2.02. The zero-order valence-corrected chi connectivity index (χ0v) is 12.5. The van der Waals surface area contributed by atoms with E-state index in [2.05, 4.69) is 20.4 Å². The largest absolute Gasteiger partial charge is 0.396 e. The molecule has 0 bridgehead atoms. The fraction of sp³-hybridized carbons (Fsp3) is 0.467. The number of carbonyl (C=O) groups is 1.